The van der Waals surface area contributed by atoms with Crippen molar-refractivity contribution >= 4 is 23.2 Å². The zero-order valence-electron chi connectivity index (χ0n) is 6.68. The summed E-state index contributed by atoms with van der Waals surface area (Å²) in [6.45, 7) is 0. The number of alkyl halides is 2. The number of rotatable bonds is 4. The molecule has 76 valence electrons. The monoisotopic (exact) mass is 232 g/mol. The first-order valence-corrected chi connectivity index (χ1v) is 3.53. The van der Waals surface area contributed by atoms with E-state index in [0.717, 1.165) is 14.2 Å². The maximum atomic E-state index is 10.8. The van der Waals surface area contributed by atoms with E-state index in [9.17, 15) is 10.4 Å². The highest BCUT2D eigenvalue weighted by atomic mass is 35.5. The fraction of sp³-hybridized carbons (Fsp3) is 1.00. The fourth-order valence-electron chi connectivity index (χ4n) is 0.320. The molecule has 0 unspecified atom stereocenters. The van der Waals surface area contributed by atoms with Crippen LogP contribution in [-0.4, -0.2) is 28.5 Å². The van der Waals surface area contributed by atoms with Gasteiger partial charge in [0.2, 0.25) is 10.6 Å². The van der Waals surface area contributed by atoms with Gasteiger partial charge in [-0.2, -0.15) is 0 Å². The largest absolute Gasteiger partial charge is 0.590 e. The van der Waals surface area contributed by atoms with Gasteiger partial charge in [-0.1, -0.05) is 0 Å². The average molecular weight is 233 g/mol. The summed E-state index contributed by atoms with van der Waals surface area (Å²) in [5.41, 5.74) is 0. The van der Waals surface area contributed by atoms with Crippen molar-refractivity contribution in [3.8, 4) is 0 Å². The Balaban J connectivity index is 4.74. The molecule has 0 spiro atoms. The molecule has 0 amide bonds. The molecule has 0 N–H and O–H groups in total. The van der Waals surface area contributed by atoms with E-state index in [-0.39, 0.29) is 9.72 Å². The van der Waals surface area contributed by atoms with Crippen LogP contribution in [0, 0.1) is 10.4 Å². The number of hydrogen-bond donors (Lipinski definition) is 0. The minimum absolute atomic E-state index is 0.383. The molecule has 10 heteroatoms. The Kier molecular flexibility index (Phi) is 4.49. The van der Waals surface area contributed by atoms with Gasteiger partial charge in [0, 0.05) is 9.72 Å². The summed E-state index contributed by atoms with van der Waals surface area (Å²) >= 11 is 10.5. The summed E-state index contributed by atoms with van der Waals surface area (Å²) in [7, 11) is 2.16. The molecule has 0 rings (SSSR count). The van der Waals surface area contributed by atoms with Gasteiger partial charge in [0.1, 0.15) is 14.2 Å². The summed E-state index contributed by atoms with van der Waals surface area (Å²) in [6.07, 6.45) is 0. The van der Waals surface area contributed by atoms with Gasteiger partial charge in [-0.25, -0.2) is 0 Å². The van der Waals surface area contributed by atoms with Crippen molar-refractivity contribution in [1.82, 2.24) is 0 Å². The van der Waals surface area contributed by atoms with E-state index < -0.39 is 4.58 Å². The van der Waals surface area contributed by atoms with Gasteiger partial charge < -0.3 is 20.1 Å². The van der Waals surface area contributed by atoms with Crippen LogP contribution in [0.15, 0.2) is 10.6 Å². The van der Waals surface area contributed by atoms with Crippen LogP contribution in [0.1, 0.15) is 0 Å². The van der Waals surface area contributed by atoms with Crippen molar-refractivity contribution in [3.63, 3.8) is 0 Å². The van der Waals surface area contributed by atoms with Crippen molar-refractivity contribution in [2.75, 3.05) is 14.2 Å². The Labute approximate surface area is 83.0 Å². The topological polar surface area (TPSA) is 95.3 Å². The SMILES string of the molecule is CON=[N+]([O-])C(Cl)(Cl)[N+]([O-])=NOC. The summed E-state index contributed by atoms with van der Waals surface area (Å²) < 4.78 is -2.56. The zero-order valence-corrected chi connectivity index (χ0v) is 8.19. The lowest BCUT2D eigenvalue weighted by molar-refractivity contribution is -0.792. The molecule has 13 heavy (non-hydrogen) atoms. The van der Waals surface area contributed by atoms with Crippen molar-refractivity contribution in [2.24, 2.45) is 10.6 Å². The number of hydrogen-bond acceptors (Lipinski definition) is 6. The van der Waals surface area contributed by atoms with E-state index >= 15 is 0 Å². The average Bonchev–Trinajstić information content (AvgIpc) is 2.05. The van der Waals surface area contributed by atoms with Gasteiger partial charge in [-0.3, -0.25) is 0 Å². The number of halogens is 2. The molecule has 0 saturated carbocycles. The molecule has 0 fully saturated rings. The van der Waals surface area contributed by atoms with Crippen LogP contribution in [0.2, 0.25) is 0 Å². The zero-order chi connectivity index (χ0) is 10.5. The number of nitrogens with zero attached hydrogens (tertiary/aromatic N) is 4. The van der Waals surface area contributed by atoms with Crippen LogP contribution in [0.3, 0.4) is 0 Å². The van der Waals surface area contributed by atoms with Crippen LogP contribution in [-0.2, 0) is 9.68 Å². The Morgan fingerprint density at radius 3 is 1.62 bits per heavy atom. The first kappa shape index (κ1) is 12.0. The van der Waals surface area contributed by atoms with Crippen molar-refractivity contribution in [1.29, 1.82) is 0 Å². The van der Waals surface area contributed by atoms with Crippen LogP contribution >= 0.6 is 23.2 Å². The molecule has 0 aliphatic heterocycles. The van der Waals surface area contributed by atoms with Crippen LogP contribution in [0.5, 0.6) is 0 Å². The quantitative estimate of drug-likeness (QED) is 0.181. The molecule has 0 heterocycles. The second-order valence-corrected chi connectivity index (χ2v) is 2.83. The smallest absolute Gasteiger partial charge is 0.588 e. The Morgan fingerprint density at radius 2 is 1.38 bits per heavy atom. The third kappa shape index (κ3) is 3.07. The molecule has 0 aromatic carbocycles. The molecule has 0 aromatic heterocycles. The minimum atomic E-state index is -2.56. The van der Waals surface area contributed by atoms with E-state index in [1.54, 1.807) is 0 Å². The third-order valence-electron chi connectivity index (χ3n) is 0.772. The molecule has 8 nitrogen and oxygen atoms in total. The Hall–Kier alpha value is -1.02. The number of hydroxylamine groups is 2. The summed E-state index contributed by atoms with van der Waals surface area (Å²) in [5, 5.41) is 27.1. The fourth-order valence-corrected chi connectivity index (χ4v) is 0.443. The van der Waals surface area contributed by atoms with Crippen molar-refractivity contribution in [2.45, 2.75) is 4.58 Å². The predicted molar refractivity (Wildman–Crippen MR) is 40.6 cm³/mol. The van der Waals surface area contributed by atoms with Gasteiger partial charge in [-0.05, 0) is 0 Å². The molecule has 0 saturated heterocycles. The van der Waals surface area contributed by atoms with E-state index in [0.29, 0.717) is 0 Å². The van der Waals surface area contributed by atoms with E-state index in [1.807, 2.05) is 0 Å². The highest BCUT2D eigenvalue weighted by Crippen LogP contribution is 2.23. The first-order chi connectivity index (χ1) is 5.96. The highest BCUT2D eigenvalue weighted by molar-refractivity contribution is 6.45. The molecule has 0 aromatic rings. The van der Waals surface area contributed by atoms with Crippen LogP contribution in [0.4, 0.5) is 0 Å². The lowest BCUT2D eigenvalue weighted by atomic mass is 11.1. The predicted octanol–water partition coefficient (Wildman–Crippen LogP) is 1.12. The van der Waals surface area contributed by atoms with Crippen molar-refractivity contribution < 1.29 is 19.4 Å². The van der Waals surface area contributed by atoms with Crippen LogP contribution < -0.4 is 0 Å². The van der Waals surface area contributed by atoms with Gasteiger partial charge in [-0.15, -0.1) is 0 Å². The summed E-state index contributed by atoms with van der Waals surface area (Å²) in [5.74, 6) is 0. The molecule has 0 bridgehead atoms. The lowest BCUT2D eigenvalue weighted by Crippen LogP contribution is -2.35. The molecule has 0 aliphatic rings. The van der Waals surface area contributed by atoms with Crippen LogP contribution in [0.25, 0.3) is 0 Å². The van der Waals surface area contributed by atoms with Gasteiger partial charge >= 0.3 is 4.58 Å². The molecular formula is C3H6Cl2N4O4. The van der Waals surface area contributed by atoms with Gasteiger partial charge in [0.05, 0.1) is 23.2 Å². The minimum Gasteiger partial charge on any atom is -0.590 e. The maximum Gasteiger partial charge on any atom is 0.588 e. The Morgan fingerprint density at radius 1 is 1.08 bits per heavy atom. The van der Waals surface area contributed by atoms with E-state index in [4.69, 9.17) is 23.2 Å². The normalized spacial score (nSPS) is 14.2. The molecule has 0 aliphatic carbocycles. The van der Waals surface area contributed by atoms with Gasteiger partial charge in [0.15, 0.2) is 0 Å². The van der Waals surface area contributed by atoms with Gasteiger partial charge in [0.25, 0.3) is 0 Å². The van der Waals surface area contributed by atoms with E-state index in [1.165, 1.54) is 0 Å². The van der Waals surface area contributed by atoms with E-state index in [2.05, 4.69) is 20.2 Å². The molecular weight excluding hydrogens is 227 g/mol. The summed E-state index contributed by atoms with van der Waals surface area (Å²) in [6, 6.07) is 0. The Bertz CT molecular complexity index is 207. The highest BCUT2D eigenvalue weighted by Gasteiger charge is 2.50. The second-order valence-electron chi connectivity index (χ2n) is 1.58. The molecule has 0 radical (unpaired) electrons. The maximum absolute atomic E-state index is 10.8. The standard InChI is InChI=1S/C3H6Cl2N4O4/c1-12-6-8(10)3(4,5)9(11)7-13-2/h1-2H3. The first-order valence-electron chi connectivity index (χ1n) is 2.77. The molecule has 0 atom stereocenters. The van der Waals surface area contributed by atoms with Crippen molar-refractivity contribution in [3.05, 3.63) is 10.4 Å². The third-order valence-corrected chi connectivity index (χ3v) is 1.35. The second kappa shape index (κ2) is 4.87. The summed E-state index contributed by atoms with van der Waals surface area (Å²) in [4.78, 5) is 7.31. The lowest BCUT2D eigenvalue weighted by Gasteiger charge is -2.09.